The molecule has 1 aromatic heterocycles. The van der Waals surface area contributed by atoms with Crippen molar-refractivity contribution < 1.29 is 14.3 Å². The number of hydrogen-bond acceptors (Lipinski definition) is 3. The lowest BCUT2D eigenvalue weighted by atomic mass is 9.96. The third-order valence-corrected chi connectivity index (χ3v) is 5.04. The number of carbonyl (C=O) groups is 2. The number of likely N-dealkylation sites (tertiary alicyclic amines) is 1. The van der Waals surface area contributed by atoms with Crippen LogP contribution in [0.15, 0.2) is 30.3 Å². The van der Waals surface area contributed by atoms with E-state index in [2.05, 4.69) is 10.3 Å². The number of aromatic nitrogens is 1. The van der Waals surface area contributed by atoms with Crippen LogP contribution in [0.1, 0.15) is 40.2 Å². The zero-order valence-corrected chi connectivity index (χ0v) is 16.2. The summed E-state index contributed by atoms with van der Waals surface area (Å²) in [6.07, 6.45) is 1.64. The van der Waals surface area contributed by atoms with Gasteiger partial charge >= 0.3 is 0 Å². The Morgan fingerprint density at radius 2 is 2.11 bits per heavy atom. The number of methoxy groups -OCH3 is 1. The number of aromatic amines is 1. The van der Waals surface area contributed by atoms with Crippen LogP contribution in [0.4, 0.5) is 0 Å². The SMILES string of the molecule is COc1cccc(CNC(=O)C2CCCN(C(=O)c3[nH]c(C)cc3C)C2)c1. The van der Waals surface area contributed by atoms with Gasteiger partial charge in [-0.05, 0) is 56.0 Å². The Labute approximate surface area is 159 Å². The fourth-order valence-electron chi connectivity index (χ4n) is 3.60. The van der Waals surface area contributed by atoms with E-state index in [1.54, 1.807) is 12.0 Å². The number of H-pyrrole nitrogens is 1. The summed E-state index contributed by atoms with van der Waals surface area (Å²) in [6, 6.07) is 9.61. The number of hydrogen-bond donors (Lipinski definition) is 2. The maximum Gasteiger partial charge on any atom is 0.270 e. The molecule has 1 aliphatic heterocycles. The summed E-state index contributed by atoms with van der Waals surface area (Å²) in [6.45, 7) is 5.47. The molecule has 1 unspecified atom stereocenters. The van der Waals surface area contributed by atoms with E-state index >= 15 is 0 Å². The Hall–Kier alpha value is -2.76. The molecule has 1 aromatic carbocycles. The topological polar surface area (TPSA) is 74.4 Å². The second-order valence-electron chi connectivity index (χ2n) is 7.17. The molecule has 6 nitrogen and oxygen atoms in total. The maximum absolute atomic E-state index is 12.8. The van der Waals surface area contributed by atoms with Crippen molar-refractivity contribution in [1.29, 1.82) is 0 Å². The normalized spacial score (nSPS) is 16.9. The van der Waals surface area contributed by atoms with Crippen LogP contribution in [0.25, 0.3) is 0 Å². The van der Waals surface area contributed by atoms with Crippen molar-refractivity contribution in [1.82, 2.24) is 15.2 Å². The molecule has 1 fully saturated rings. The van der Waals surface area contributed by atoms with E-state index in [9.17, 15) is 9.59 Å². The highest BCUT2D eigenvalue weighted by molar-refractivity contribution is 5.94. The van der Waals surface area contributed by atoms with Crippen LogP contribution in [-0.2, 0) is 11.3 Å². The largest absolute Gasteiger partial charge is 0.497 e. The second-order valence-corrected chi connectivity index (χ2v) is 7.17. The molecule has 1 saturated heterocycles. The number of rotatable bonds is 5. The van der Waals surface area contributed by atoms with Gasteiger partial charge < -0.3 is 19.9 Å². The van der Waals surface area contributed by atoms with Crippen LogP contribution in [0.3, 0.4) is 0 Å². The Balaban J connectivity index is 1.59. The molecule has 27 heavy (non-hydrogen) atoms. The van der Waals surface area contributed by atoms with E-state index in [1.807, 2.05) is 44.2 Å². The average molecular weight is 369 g/mol. The maximum atomic E-state index is 12.8. The van der Waals surface area contributed by atoms with E-state index in [4.69, 9.17) is 4.74 Å². The van der Waals surface area contributed by atoms with Crippen molar-refractivity contribution >= 4 is 11.8 Å². The Morgan fingerprint density at radius 1 is 1.30 bits per heavy atom. The molecule has 2 aromatic rings. The Morgan fingerprint density at radius 3 is 2.81 bits per heavy atom. The van der Waals surface area contributed by atoms with Gasteiger partial charge in [0, 0.05) is 25.3 Å². The third kappa shape index (κ3) is 4.51. The van der Waals surface area contributed by atoms with E-state index in [0.29, 0.717) is 25.3 Å². The molecule has 0 aliphatic carbocycles. The second kappa shape index (κ2) is 8.29. The minimum Gasteiger partial charge on any atom is -0.497 e. The highest BCUT2D eigenvalue weighted by Crippen LogP contribution is 2.21. The zero-order chi connectivity index (χ0) is 19.4. The summed E-state index contributed by atoms with van der Waals surface area (Å²) in [5.41, 5.74) is 3.54. The highest BCUT2D eigenvalue weighted by Gasteiger charge is 2.29. The van der Waals surface area contributed by atoms with Crippen LogP contribution in [0.2, 0.25) is 0 Å². The number of ether oxygens (including phenoxy) is 1. The van der Waals surface area contributed by atoms with Crippen molar-refractivity contribution in [3.63, 3.8) is 0 Å². The van der Waals surface area contributed by atoms with Crippen molar-refractivity contribution in [3.8, 4) is 5.75 Å². The first-order valence-electron chi connectivity index (χ1n) is 9.34. The van der Waals surface area contributed by atoms with Gasteiger partial charge in [-0.25, -0.2) is 0 Å². The van der Waals surface area contributed by atoms with Crippen LogP contribution in [0.5, 0.6) is 5.75 Å². The molecule has 1 atom stereocenters. The van der Waals surface area contributed by atoms with Crippen LogP contribution >= 0.6 is 0 Å². The van der Waals surface area contributed by atoms with Crippen molar-refractivity contribution in [2.24, 2.45) is 5.92 Å². The summed E-state index contributed by atoms with van der Waals surface area (Å²) in [4.78, 5) is 30.3. The fraction of sp³-hybridized carbons (Fsp3) is 0.429. The first kappa shape index (κ1) is 19.0. The van der Waals surface area contributed by atoms with E-state index in [0.717, 1.165) is 35.4 Å². The molecule has 0 radical (unpaired) electrons. The predicted molar refractivity (Wildman–Crippen MR) is 104 cm³/mol. The van der Waals surface area contributed by atoms with Crippen LogP contribution < -0.4 is 10.1 Å². The van der Waals surface area contributed by atoms with E-state index in [1.165, 1.54) is 0 Å². The molecule has 0 saturated carbocycles. The number of piperidine rings is 1. The predicted octanol–water partition coefficient (Wildman–Crippen LogP) is 2.81. The first-order valence-corrected chi connectivity index (χ1v) is 9.34. The number of nitrogens with one attached hydrogen (secondary N) is 2. The van der Waals surface area contributed by atoms with Gasteiger partial charge in [0.25, 0.3) is 5.91 Å². The Bertz CT molecular complexity index is 828. The summed E-state index contributed by atoms with van der Waals surface area (Å²) >= 11 is 0. The molecule has 3 rings (SSSR count). The molecule has 0 bridgehead atoms. The summed E-state index contributed by atoms with van der Waals surface area (Å²) in [5, 5.41) is 2.99. The lowest BCUT2D eigenvalue weighted by Gasteiger charge is -2.32. The minimum atomic E-state index is -0.176. The lowest BCUT2D eigenvalue weighted by molar-refractivity contribution is -0.126. The number of nitrogens with zero attached hydrogens (tertiary/aromatic N) is 1. The molecular weight excluding hydrogens is 342 g/mol. The van der Waals surface area contributed by atoms with Crippen molar-refractivity contribution in [2.45, 2.75) is 33.2 Å². The molecule has 1 aliphatic rings. The van der Waals surface area contributed by atoms with Crippen molar-refractivity contribution in [3.05, 3.63) is 52.8 Å². The quantitative estimate of drug-likeness (QED) is 0.851. The molecule has 2 amide bonds. The highest BCUT2D eigenvalue weighted by atomic mass is 16.5. The fourth-order valence-corrected chi connectivity index (χ4v) is 3.60. The number of aryl methyl sites for hydroxylation is 2. The average Bonchev–Trinajstić information content (AvgIpc) is 3.03. The lowest BCUT2D eigenvalue weighted by Crippen LogP contribution is -2.45. The molecule has 144 valence electrons. The van der Waals surface area contributed by atoms with Gasteiger partial charge in [-0.1, -0.05) is 12.1 Å². The number of amides is 2. The van der Waals surface area contributed by atoms with Crippen LogP contribution in [-0.4, -0.2) is 41.9 Å². The molecular formula is C21H27N3O3. The van der Waals surface area contributed by atoms with Gasteiger partial charge in [-0.15, -0.1) is 0 Å². The van der Waals surface area contributed by atoms with E-state index in [-0.39, 0.29) is 17.7 Å². The Kier molecular flexibility index (Phi) is 5.84. The molecule has 2 N–H and O–H groups in total. The number of carbonyl (C=O) groups excluding carboxylic acids is 2. The molecule has 2 heterocycles. The summed E-state index contributed by atoms with van der Waals surface area (Å²) in [7, 11) is 1.62. The monoisotopic (exact) mass is 369 g/mol. The van der Waals surface area contributed by atoms with Gasteiger partial charge in [0.2, 0.25) is 5.91 Å². The van der Waals surface area contributed by atoms with Crippen molar-refractivity contribution in [2.75, 3.05) is 20.2 Å². The third-order valence-electron chi connectivity index (χ3n) is 5.04. The zero-order valence-electron chi connectivity index (χ0n) is 16.2. The molecule has 0 spiro atoms. The molecule has 6 heteroatoms. The van der Waals surface area contributed by atoms with Gasteiger partial charge in [0.05, 0.1) is 13.0 Å². The van der Waals surface area contributed by atoms with Crippen LogP contribution in [0, 0.1) is 19.8 Å². The minimum absolute atomic E-state index is 0.00490. The van der Waals surface area contributed by atoms with E-state index < -0.39 is 0 Å². The van der Waals surface area contributed by atoms with Gasteiger partial charge in [0.15, 0.2) is 0 Å². The standard InChI is InChI=1S/C21H27N3O3/c1-14-10-15(2)23-19(14)21(26)24-9-5-7-17(13-24)20(25)22-12-16-6-4-8-18(11-16)27-3/h4,6,8,10-11,17,23H,5,7,9,12-13H2,1-3H3,(H,22,25). The number of benzene rings is 1. The smallest absolute Gasteiger partial charge is 0.270 e. The summed E-state index contributed by atoms with van der Waals surface area (Å²) < 4.78 is 5.21. The van der Waals surface area contributed by atoms with Gasteiger partial charge in [-0.2, -0.15) is 0 Å². The first-order chi connectivity index (χ1) is 13.0. The van der Waals surface area contributed by atoms with Gasteiger partial charge in [-0.3, -0.25) is 9.59 Å². The summed E-state index contributed by atoms with van der Waals surface area (Å²) in [5.74, 6) is 0.568. The van der Waals surface area contributed by atoms with Gasteiger partial charge in [0.1, 0.15) is 11.4 Å².